The third-order valence-corrected chi connectivity index (χ3v) is 6.39. The molecule has 1 N–H and O–H groups in total. The summed E-state index contributed by atoms with van der Waals surface area (Å²) in [6.45, 7) is 8.66. The number of benzene rings is 2. The van der Waals surface area contributed by atoms with Crippen LogP contribution in [0.4, 0.5) is 0 Å². The van der Waals surface area contributed by atoms with Gasteiger partial charge in [0.05, 0.1) is 4.90 Å². The van der Waals surface area contributed by atoms with E-state index in [4.69, 9.17) is 4.74 Å². The molecule has 0 aliphatic rings. The first-order valence-electron chi connectivity index (χ1n) is 9.33. The fourth-order valence-electron chi connectivity index (χ4n) is 2.91. The molecule has 0 unspecified atom stereocenters. The van der Waals surface area contributed by atoms with Crippen LogP contribution in [0.5, 0.6) is 5.75 Å². The van der Waals surface area contributed by atoms with E-state index in [9.17, 15) is 13.2 Å². The van der Waals surface area contributed by atoms with Crippen molar-refractivity contribution in [2.45, 2.75) is 39.1 Å². The fraction of sp³-hybridized carbons (Fsp3) is 0.381. The summed E-state index contributed by atoms with van der Waals surface area (Å²) in [7, 11) is -3.47. The lowest BCUT2D eigenvalue weighted by Crippen LogP contribution is -2.30. The van der Waals surface area contributed by atoms with Gasteiger partial charge in [-0.05, 0) is 54.8 Å². The number of hydrogen-bond acceptors (Lipinski definition) is 4. The van der Waals surface area contributed by atoms with Gasteiger partial charge in [-0.25, -0.2) is 8.42 Å². The Morgan fingerprint density at radius 3 is 2.11 bits per heavy atom. The predicted molar refractivity (Wildman–Crippen MR) is 110 cm³/mol. The van der Waals surface area contributed by atoms with E-state index in [-0.39, 0.29) is 17.4 Å². The van der Waals surface area contributed by atoms with Crippen molar-refractivity contribution in [2.75, 3.05) is 19.7 Å². The molecule has 0 fully saturated rings. The second-order valence-corrected chi connectivity index (χ2v) is 8.56. The maximum absolute atomic E-state index is 12.5. The molecule has 0 spiro atoms. The van der Waals surface area contributed by atoms with E-state index >= 15 is 0 Å². The Morgan fingerprint density at radius 1 is 1.00 bits per heavy atom. The minimum atomic E-state index is -3.47. The molecule has 0 saturated carbocycles. The van der Waals surface area contributed by atoms with Crippen LogP contribution in [0.25, 0.3) is 0 Å². The largest absolute Gasteiger partial charge is 0.484 e. The van der Waals surface area contributed by atoms with E-state index in [0.29, 0.717) is 25.4 Å². The lowest BCUT2D eigenvalue weighted by Gasteiger charge is -2.18. The summed E-state index contributed by atoms with van der Waals surface area (Å²) in [6.07, 6.45) is 0. The van der Waals surface area contributed by atoms with E-state index in [1.165, 1.54) is 4.31 Å². The highest BCUT2D eigenvalue weighted by molar-refractivity contribution is 7.89. The first-order chi connectivity index (χ1) is 13.3. The predicted octanol–water partition coefficient (Wildman–Crippen LogP) is 3.03. The van der Waals surface area contributed by atoms with Crippen LogP contribution in [0.15, 0.2) is 47.4 Å². The average molecular weight is 405 g/mol. The number of carbonyl (C=O) groups excluding carboxylic acids is 1. The number of sulfonamides is 1. The molecule has 0 aromatic heterocycles. The van der Waals surface area contributed by atoms with Crippen LogP contribution in [0.2, 0.25) is 0 Å². The molecule has 0 heterocycles. The zero-order valence-corrected chi connectivity index (χ0v) is 17.7. The summed E-state index contributed by atoms with van der Waals surface area (Å²) in [4.78, 5) is 12.3. The van der Waals surface area contributed by atoms with Crippen molar-refractivity contribution < 1.29 is 17.9 Å². The number of nitrogens with one attached hydrogen (secondary N) is 1. The van der Waals surface area contributed by atoms with Crippen molar-refractivity contribution in [1.29, 1.82) is 0 Å². The molecule has 1 amide bonds. The number of amides is 1. The first-order valence-corrected chi connectivity index (χ1v) is 10.8. The normalized spacial score (nSPS) is 11.5. The monoisotopic (exact) mass is 404 g/mol. The second kappa shape index (κ2) is 9.71. The van der Waals surface area contributed by atoms with Gasteiger partial charge in [0.1, 0.15) is 5.75 Å². The number of rotatable bonds is 9. The van der Waals surface area contributed by atoms with Gasteiger partial charge in [0.15, 0.2) is 6.61 Å². The molecule has 152 valence electrons. The molecule has 0 aliphatic carbocycles. The molecule has 2 aromatic carbocycles. The Kier molecular flexibility index (Phi) is 7.60. The fourth-order valence-corrected chi connectivity index (χ4v) is 4.37. The summed E-state index contributed by atoms with van der Waals surface area (Å²) >= 11 is 0. The molecule has 0 aliphatic heterocycles. The standard InChI is InChI=1S/C21H28N2O4S/c1-5-23(6-2)28(25,26)20-9-7-18(8-10-20)14-22-21(24)15-27-19-12-16(3)11-17(4)13-19/h7-13H,5-6,14-15H2,1-4H3,(H,22,24). The van der Waals surface area contributed by atoms with Gasteiger partial charge in [-0.3, -0.25) is 4.79 Å². The maximum atomic E-state index is 12.5. The van der Waals surface area contributed by atoms with Crippen molar-refractivity contribution in [3.63, 3.8) is 0 Å². The third kappa shape index (κ3) is 5.81. The van der Waals surface area contributed by atoms with Gasteiger partial charge in [-0.2, -0.15) is 4.31 Å². The first kappa shape index (κ1) is 21.9. The van der Waals surface area contributed by atoms with Gasteiger partial charge in [0, 0.05) is 19.6 Å². The van der Waals surface area contributed by atoms with Gasteiger partial charge in [0.25, 0.3) is 5.91 Å². The van der Waals surface area contributed by atoms with Crippen molar-refractivity contribution in [2.24, 2.45) is 0 Å². The Balaban J connectivity index is 1.89. The quantitative estimate of drug-likeness (QED) is 0.697. The van der Waals surface area contributed by atoms with Crippen molar-refractivity contribution >= 4 is 15.9 Å². The van der Waals surface area contributed by atoms with Crippen LogP contribution in [-0.4, -0.2) is 38.3 Å². The molecule has 7 heteroatoms. The van der Waals surface area contributed by atoms with E-state index in [0.717, 1.165) is 16.7 Å². The van der Waals surface area contributed by atoms with Crippen molar-refractivity contribution in [3.05, 3.63) is 59.2 Å². The number of aryl methyl sites for hydroxylation is 2. The van der Waals surface area contributed by atoms with E-state index in [1.807, 2.05) is 45.9 Å². The molecule has 2 rings (SSSR count). The maximum Gasteiger partial charge on any atom is 0.258 e. The SMILES string of the molecule is CCN(CC)S(=O)(=O)c1ccc(CNC(=O)COc2cc(C)cc(C)c2)cc1. The van der Waals surface area contributed by atoms with E-state index < -0.39 is 10.0 Å². The van der Waals surface area contributed by atoms with Crippen LogP contribution < -0.4 is 10.1 Å². The molecule has 0 radical (unpaired) electrons. The highest BCUT2D eigenvalue weighted by Gasteiger charge is 2.21. The topological polar surface area (TPSA) is 75.7 Å². The van der Waals surface area contributed by atoms with Crippen molar-refractivity contribution in [1.82, 2.24) is 9.62 Å². The second-order valence-electron chi connectivity index (χ2n) is 6.62. The number of carbonyl (C=O) groups is 1. The smallest absolute Gasteiger partial charge is 0.258 e. The molecule has 0 bridgehead atoms. The Morgan fingerprint density at radius 2 is 1.57 bits per heavy atom. The summed E-state index contributed by atoms with van der Waals surface area (Å²) in [5, 5.41) is 2.78. The summed E-state index contributed by atoms with van der Waals surface area (Å²) < 4.78 is 31.9. The summed E-state index contributed by atoms with van der Waals surface area (Å²) in [5.74, 6) is 0.428. The Labute approximate surface area is 167 Å². The van der Waals surface area contributed by atoms with Gasteiger partial charge in [-0.15, -0.1) is 0 Å². The summed E-state index contributed by atoms with van der Waals surface area (Å²) in [5.41, 5.74) is 2.98. The van der Waals surface area contributed by atoms with Crippen LogP contribution in [0, 0.1) is 13.8 Å². The zero-order valence-electron chi connectivity index (χ0n) is 16.9. The number of nitrogens with zero attached hydrogens (tertiary/aromatic N) is 1. The van der Waals surface area contributed by atoms with Crippen LogP contribution in [-0.2, 0) is 21.4 Å². The lowest BCUT2D eigenvalue weighted by molar-refractivity contribution is -0.123. The van der Waals surface area contributed by atoms with E-state index in [2.05, 4.69) is 5.32 Å². The van der Waals surface area contributed by atoms with Crippen LogP contribution in [0.1, 0.15) is 30.5 Å². The zero-order chi connectivity index (χ0) is 20.7. The molecule has 0 atom stereocenters. The molecule has 0 saturated heterocycles. The Bertz CT molecular complexity index is 884. The van der Waals surface area contributed by atoms with Gasteiger partial charge < -0.3 is 10.1 Å². The molecular formula is C21H28N2O4S. The van der Waals surface area contributed by atoms with Gasteiger partial charge in [0.2, 0.25) is 10.0 Å². The minimum Gasteiger partial charge on any atom is -0.484 e. The highest BCUT2D eigenvalue weighted by atomic mass is 32.2. The van der Waals surface area contributed by atoms with Gasteiger partial charge >= 0.3 is 0 Å². The Hall–Kier alpha value is -2.38. The lowest BCUT2D eigenvalue weighted by atomic mass is 10.1. The van der Waals surface area contributed by atoms with Crippen molar-refractivity contribution in [3.8, 4) is 5.75 Å². The van der Waals surface area contributed by atoms with Crippen LogP contribution >= 0.6 is 0 Å². The van der Waals surface area contributed by atoms with Crippen LogP contribution in [0.3, 0.4) is 0 Å². The minimum absolute atomic E-state index is 0.0721. The number of hydrogen-bond donors (Lipinski definition) is 1. The average Bonchev–Trinajstić information content (AvgIpc) is 2.65. The highest BCUT2D eigenvalue weighted by Crippen LogP contribution is 2.17. The molecule has 28 heavy (non-hydrogen) atoms. The summed E-state index contributed by atoms with van der Waals surface area (Å²) in [6, 6.07) is 12.4. The van der Waals surface area contributed by atoms with E-state index in [1.54, 1.807) is 24.3 Å². The molecular weight excluding hydrogens is 376 g/mol. The molecule has 2 aromatic rings. The molecule has 6 nitrogen and oxygen atoms in total. The number of ether oxygens (including phenoxy) is 1. The van der Waals surface area contributed by atoms with Gasteiger partial charge in [-0.1, -0.05) is 32.0 Å². The third-order valence-electron chi connectivity index (χ3n) is 4.32.